The molecule has 2 aromatic heterocycles. The van der Waals surface area contributed by atoms with Gasteiger partial charge in [0.15, 0.2) is 5.75 Å². The predicted molar refractivity (Wildman–Crippen MR) is 112 cm³/mol. The van der Waals surface area contributed by atoms with Gasteiger partial charge in [-0.25, -0.2) is 0 Å². The first-order chi connectivity index (χ1) is 13.2. The van der Waals surface area contributed by atoms with Crippen molar-refractivity contribution in [2.24, 2.45) is 0 Å². The van der Waals surface area contributed by atoms with Crippen molar-refractivity contribution in [3.05, 3.63) is 88.7 Å². The molecule has 1 unspecified atom stereocenters. The summed E-state index contributed by atoms with van der Waals surface area (Å²) < 4.78 is 11.4. The number of fused-ring (bicyclic) bond motifs is 1. The van der Waals surface area contributed by atoms with E-state index in [0.29, 0.717) is 26.9 Å². The molecule has 0 aliphatic heterocycles. The maximum atomic E-state index is 12.3. The summed E-state index contributed by atoms with van der Waals surface area (Å²) in [6.07, 6.45) is 0.786. The highest BCUT2D eigenvalue weighted by molar-refractivity contribution is 7.91. The third kappa shape index (κ3) is 4.08. The van der Waals surface area contributed by atoms with E-state index in [1.807, 2.05) is 54.6 Å². The van der Waals surface area contributed by atoms with Crippen molar-refractivity contribution in [2.45, 2.75) is 11.4 Å². The number of hydrogen-bond donors (Lipinski definition) is 1. The second kappa shape index (κ2) is 8.00. The molecule has 0 aliphatic carbocycles. The number of benzene rings is 2. The average Bonchev–Trinajstić information content (AvgIpc) is 2.73. The van der Waals surface area contributed by atoms with Gasteiger partial charge in [0.2, 0.25) is 11.2 Å². The highest BCUT2D eigenvalue weighted by Crippen LogP contribution is 2.25. The van der Waals surface area contributed by atoms with Crippen molar-refractivity contribution in [3.8, 4) is 10.7 Å². The van der Waals surface area contributed by atoms with E-state index in [0.717, 1.165) is 11.1 Å². The summed E-state index contributed by atoms with van der Waals surface area (Å²) >= 11 is 0.470. The lowest BCUT2D eigenvalue weighted by atomic mass is 10.2. The van der Waals surface area contributed by atoms with Crippen LogP contribution in [-0.2, 0) is 17.6 Å². The molecule has 0 amide bonds. The van der Waals surface area contributed by atoms with Gasteiger partial charge in [0.05, 0.1) is 5.39 Å². The van der Waals surface area contributed by atoms with Crippen LogP contribution in [-0.4, -0.2) is 20.3 Å². The fourth-order valence-corrected chi connectivity index (χ4v) is 4.79. The quantitative estimate of drug-likeness (QED) is 0.510. The Morgan fingerprint density at radius 1 is 0.889 bits per heavy atom. The minimum atomic E-state index is -0.963. The Kier molecular flexibility index (Phi) is 5.29. The number of rotatable bonds is 5. The molecule has 0 bridgehead atoms. The Hall–Kier alpha value is -2.54. The molecule has 4 aromatic rings. The predicted octanol–water partition coefficient (Wildman–Crippen LogP) is 4.41. The van der Waals surface area contributed by atoms with Crippen molar-refractivity contribution in [1.29, 1.82) is 0 Å². The van der Waals surface area contributed by atoms with E-state index in [1.54, 1.807) is 6.07 Å². The molecule has 2 heterocycles. The number of aromatic nitrogens is 2. The molecule has 4 rings (SSSR count). The minimum Gasteiger partial charge on any atom is -0.267 e. The van der Waals surface area contributed by atoms with Crippen LogP contribution in [0.25, 0.3) is 20.8 Å². The Morgan fingerprint density at radius 2 is 1.67 bits per heavy atom. The molecule has 0 aliphatic rings. The van der Waals surface area contributed by atoms with Gasteiger partial charge in [-0.05, 0) is 23.8 Å². The molecule has 2 aromatic carbocycles. The molecular formula is C21H17N2O2S2+. The molecule has 4 nitrogen and oxygen atoms in total. The molecule has 0 spiro atoms. The van der Waals surface area contributed by atoms with Crippen LogP contribution in [0.3, 0.4) is 0 Å². The summed E-state index contributed by atoms with van der Waals surface area (Å²) in [4.78, 5) is 21.0. The van der Waals surface area contributed by atoms with Crippen LogP contribution in [0.15, 0.2) is 82.6 Å². The van der Waals surface area contributed by atoms with Crippen molar-refractivity contribution in [3.63, 3.8) is 0 Å². The zero-order chi connectivity index (χ0) is 18.6. The molecule has 1 atom stereocenters. The van der Waals surface area contributed by atoms with Crippen LogP contribution >= 0.6 is 11.3 Å². The van der Waals surface area contributed by atoms with Gasteiger partial charge in [0, 0.05) is 17.2 Å². The fraction of sp³-hybridized carbons (Fsp3) is 0.0952. The van der Waals surface area contributed by atoms with E-state index >= 15 is 0 Å². The number of aryl methyl sites for hydroxylation is 1. The standard InChI is InChI=1S/C21H17N2O2S2/c24-20-16-9-4-5-11-18(16)26-21(23-20)17-10-6-12-19(22-17)27(25)14-13-15-7-2-1-3-8-15/h1-12,25H,13-14H2/q+1. The maximum Gasteiger partial charge on any atom is 0.282 e. The summed E-state index contributed by atoms with van der Waals surface area (Å²) in [5.41, 5.74) is 1.56. The second-order valence-corrected chi connectivity index (χ2v) is 8.57. The second-order valence-electron chi connectivity index (χ2n) is 5.99. The smallest absolute Gasteiger partial charge is 0.267 e. The van der Waals surface area contributed by atoms with E-state index in [9.17, 15) is 9.35 Å². The van der Waals surface area contributed by atoms with Gasteiger partial charge in [0.1, 0.15) is 10.7 Å². The number of hydrogen-bond acceptors (Lipinski definition) is 5. The van der Waals surface area contributed by atoms with Gasteiger partial charge in [-0.3, -0.25) is 4.79 Å². The molecule has 1 N–H and O–H groups in total. The Balaban J connectivity index is 1.60. The van der Waals surface area contributed by atoms with Crippen molar-refractivity contribution < 1.29 is 4.55 Å². The summed E-state index contributed by atoms with van der Waals surface area (Å²) in [5.74, 6) is 0.613. The summed E-state index contributed by atoms with van der Waals surface area (Å²) in [6, 6.07) is 23.0. The molecule has 0 fully saturated rings. The first-order valence-electron chi connectivity index (χ1n) is 8.52. The molecular weight excluding hydrogens is 376 g/mol. The molecule has 0 saturated carbocycles. The van der Waals surface area contributed by atoms with Gasteiger partial charge in [-0.2, -0.15) is 14.5 Å². The lowest BCUT2D eigenvalue weighted by Gasteiger charge is -2.03. The summed E-state index contributed by atoms with van der Waals surface area (Å²) in [7, 11) is 0. The van der Waals surface area contributed by atoms with Gasteiger partial charge in [-0.15, -0.1) is 11.3 Å². The average molecular weight is 394 g/mol. The lowest BCUT2D eigenvalue weighted by molar-refractivity contribution is 0.633. The van der Waals surface area contributed by atoms with Gasteiger partial charge in [0.25, 0.3) is 10.6 Å². The van der Waals surface area contributed by atoms with E-state index in [-0.39, 0.29) is 5.56 Å². The maximum absolute atomic E-state index is 12.3. The molecule has 0 saturated heterocycles. The fourth-order valence-electron chi connectivity index (χ4n) is 2.75. The minimum absolute atomic E-state index is 0.251. The molecule has 6 heteroatoms. The van der Waals surface area contributed by atoms with Crippen LogP contribution in [0, 0.1) is 0 Å². The highest BCUT2D eigenvalue weighted by atomic mass is 32.2. The van der Waals surface area contributed by atoms with Crippen LogP contribution in [0.2, 0.25) is 0 Å². The number of pyridine rings is 1. The van der Waals surface area contributed by atoms with E-state index < -0.39 is 11.2 Å². The third-order valence-corrected chi connectivity index (χ3v) is 6.51. The SMILES string of the molecule is O=c1nc(-c2cccc([S+](O)CCc3ccccc3)n2)sc2ccccc12. The van der Waals surface area contributed by atoms with Crippen LogP contribution in [0.5, 0.6) is 0 Å². The van der Waals surface area contributed by atoms with E-state index in [2.05, 4.69) is 22.1 Å². The van der Waals surface area contributed by atoms with E-state index in [1.165, 1.54) is 16.9 Å². The third-order valence-electron chi connectivity index (χ3n) is 4.14. The normalized spacial score (nSPS) is 12.2. The van der Waals surface area contributed by atoms with E-state index in [4.69, 9.17) is 0 Å². The summed E-state index contributed by atoms with van der Waals surface area (Å²) in [5, 5.41) is 1.81. The Labute approximate surface area is 163 Å². The Morgan fingerprint density at radius 3 is 2.52 bits per heavy atom. The van der Waals surface area contributed by atoms with Gasteiger partial charge in [-0.1, -0.05) is 48.5 Å². The Bertz CT molecular complexity index is 1130. The summed E-state index contributed by atoms with van der Waals surface area (Å²) in [6.45, 7) is 0. The van der Waals surface area contributed by atoms with Crippen LogP contribution in [0.1, 0.15) is 5.56 Å². The van der Waals surface area contributed by atoms with Gasteiger partial charge >= 0.3 is 0 Å². The van der Waals surface area contributed by atoms with Gasteiger partial charge < -0.3 is 0 Å². The number of nitrogens with zero attached hydrogens (tertiary/aromatic N) is 2. The topological polar surface area (TPSA) is 63.1 Å². The highest BCUT2D eigenvalue weighted by Gasteiger charge is 2.22. The largest absolute Gasteiger partial charge is 0.282 e. The monoisotopic (exact) mass is 393 g/mol. The van der Waals surface area contributed by atoms with Crippen molar-refractivity contribution in [2.75, 3.05) is 5.75 Å². The lowest BCUT2D eigenvalue weighted by Crippen LogP contribution is -2.11. The van der Waals surface area contributed by atoms with Crippen molar-refractivity contribution in [1.82, 2.24) is 9.97 Å². The molecule has 134 valence electrons. The van der Waals surface area contributed by atoms with Crippen molar-refractivity contribution >= 4 is 32.6 Å². The first-order valence-corrected chi connectivity index (χ1v) is 10.7. The first kappa shape index (κ1) is 17.9. The van der Waals surface area contributed by atoms with Crippen LogP contribution < -0.4 is 5.56 Å². The molecule has 0 radical (unpaired) electrons. The zero-order valence-electron chi connectivity index (χ0n) is 14.4. The molecule has 27 heavy (non-hydrogen) atoms. The zero-order valence-corrected chi connectivity index (χ0v) is 16.0. The van der Waals surface area contributed by atoms with Crippen LogP contribution in [0.4, 0.5) is 0 Å².